The van der Waals surface area contributed by atoms with Crippen LogP contribution >= 0.6 is 11.6 Å². The fourth-order valence-corrected chi connectivity index (χ4v) is 5.28. The van der Waals surface area contributed by atoms with E-state index in [0.717, 1.165) is 39.0 Å². The number of allylic oxidation sites excluding steroid dienone is 5. The number of likely N-dealkylation sites (tertiary alicyclic amines) is 1. The quantitative estimate of drug-likeness (QED) is 0.129. The Labute approximate surface area is 298 Å². The largest absolute Gasteiger partial charge is 0.497 e. The fourth-order valence-electron chi connectivity index (χ4n) is 5.15. The first-order valence-corrected chi connectivity index (χ1v) is 17.8. The molecule has 2 aliphatic rings. The molecule has 3 amide bonds. The summed E-state index contributed by atoms with van der Waals surface area (Å²) in [7, 11) is 3.33. The van der Waals surface area contributed by atoms with E-state index in [2.05, 4.69) is 27.5 Å². The van der Waals surface area contributed by atoms with E-state index in [1.165, 1.54) is 18.1 Å². The average molecular weight is 704 g/mol. The highest BCUT2D eigenvalue weighted by Crippen LogP contribution is 2.35. The molecule has 3 rings (SSSR count). The van der Waals surface area contributed by atoms with Crippen LogP contribution in [0.15, 0.2) is 53.6 Å². The highest BCUT2D eigenvalue weighted by Gasteiger charge is 2.34. The minimum absolute atomic E-state index is 0.0182. The van der Waals surface area contributed by atoms with Gasteiger partial charge in [-0.3, -0.25) is 4.79 Å². The van der Waals surface area contributed by atoms with Crippen LogP contribution in [0.3, 0.4) is 0 Å². The van der Waals surface area contributed by atoms with Crippen molar-refractivity contribution in [3.05, 3.63) is 64.1 Å². The number of halogens is 1. The Morgan fingerprint density at radius 1 is 1.12 bits per heavy atom. The molecule has 1 aromatic heterocycles. The van der Waals surface area contributed by atoms with E-state index in [1.54, 1.807) is 38.5 Å². The SMILES string of the molecule is CC.CC.CCC1(COC)CCN(C(=O)CCCOC2=C(OC)CC=c3c(OC(/C=C/Cl)=C/C=C/NC(=O)NC(C)C)ncnc3=C2)CC1. The van der Waals surface area contributed by atoms with Crippen molar-refractivity contribution in [1.82, 2.24) is 25.5 Å². The van der Waals surface area contributed by atoms with E-state index < -0.39 is 0 Å². The first kappa shape index (κ1) is 43.2. The number of nitrogens with one attached hydrogen (secondary N) is 2. The molecular formula is C37H58ClN5O6. The number of piperidine rings is 1. The zero-order chi connectivity index (χ0) is 36.7. The second kappa shape index (κ2) is 24.3. The number of ether oxygens (including phenoxy) is 4. The zero-order valence-electron chi connectivity index (χ0n) is 30.9. The second-order valence-corrected chi connectivity index (χ2v) is 11.5. The molecule has 1 aliphatic heterocycles. The molecule has 49 heavy (non-hydrogen) atoms. The van der Waals surface area contributed by atoms with Gasteiger partial charge in [-0.05, 0) is 63.2 Å². The van der Waals surface area contributed by atoms with Crippen LogP contribution in [0.1, 0.15) is 87.0 Å². The topological polar surface area (TPSA) is 124 Å². The van der Waals surface area contributed by atoms with Gasteiger partial charge in [-0.2, -0.15) is 0 Å². The van der Waals surface area contributed by atoms with Crippen LogP contribution in [0.4, 0.5) is 4.79 Å². The molecule has 1 saturated heterocycles. The standard InChI is InChI=1S/C33H46ClN5O6.2C2H6/c1-6-33(22-42-4)14-18-39(19-15-33)30(40)10-8-20-44-29-21-27-26(11-12-28(29)43-5)31(37-23-36-27)45-25(13-16-34)9-7-17-35-32(41)38-24(2)3;2*1-2/h7,9,11,13,16-17,21,23-24H,6,8,10,12,14-15,18-20,22H2,1-5H3,(H2,35,38,41);2*1-2H3/b16-13+,17-7+,25-9+;;. The number of carbonyl (C=O) groups is 2. The minimum Gasteiger partial charge on any atom is -0.497 e. The second-order valence-electron chi connectivity index (χ2n) is 11.2. The van der Waals surface area contributed by atoms with Crippen LogP contribution in [0.5, 0.6) is 5.88 Å². The predicted molar refractivity (Wildman–Crippen MR) is 197 cm³/mol. The van der Waals surface area contributed by atoms with Crippen molar-refractivity contribution in [2.45, 2.75) is 93.0 Å². The van der Waals surface area contributed by atoms with E-state index in [-0.39, 0.29) is 23.4 Å². The highest BCUT2D eigenvalue weighted by atomic mass is 35.5. The van der Waals surface area contributed by atoms with Crippen LogP contribution in [0.2, 0.25) is 0 Å². The molecule has 1 aromatic rings. The molecule has 274 valence electrons. The van der Waals surface area contributed by atoms with Gasteiger partial charge in [0.2, 0.25) is 11.8 Å². The molecule has 0 bridgehead atoms. The van der Waals surface area contributed by atoms with Crippen molar-refractivity contribution >= 4 is 35.7 Å². The van der Waals surface area contributed by atoms with Crippen molar-refractivity contribution in [2.24, 2.45) is 5.41 Å². The molecule has 11 nitrogen and oxygen atoms in total. The molecule has 1 fully saturated rings. The minimum atomic E-state index is -0.314. The number of nitrogens with zero attached hydrogens (tertiary/aromatic N) is 3. The van der Waals surface area contributed by atoms with Crippen molar-refractivity contribution < 1.29 is 28.5 Å². The molecular weight excluding hydrogens is 646 g/mol. The summed E-state index contributed by atoms with van der Waals surface area (Å²) in [6.07, 6.45) is 15.8. The molecule has 0 radical (unpaired) electrons. The van der Waals surface area contributed by atoms with E-state index in [0.29, 0.717) is 59.6 Å². The van der Waals surface area contributed by atoms with Crippen molar-refractivity contribution in [2.75, 3.05) is 40.5 Å². The molecule has 12 heteroatoms. The molecule has 0 spiro atoms. The summed E-state index contributed by atoms with van der Waals surface area (Å²) in [4.78, 5) is 35.4. The van der Waals surface area contributed by atoms with Gasteiger partial charge in [0.1, 0.15) is 17.8 Å². The molecule has 0 atom stereocenters. The van der Waals surface area contributed by atoms with Gasteiger partial charge in [-0.1, -0.05) is 52.3 Å². The summed E-state index contributed by atoms with van der Waals surface area (Å²) in [5, 5.41) is 6.61. The lowest BCUT2D eigenvalue weighted by Gasteiger charge is -2.41. The first-order chi connectivity index (χ1) is 23.7. The lowest BCUT2D eigenvalue weighted by Crippen LogP contribution is -2.44. The number of fused-ring (bicyclic) bond motifs is 1. The summed E-state index contributed by atoms with van der Waals surface area (Å²) < 4.78 is 23.3. The number of amides is 3. The van der Waals surface area contributed by atoms with Crippen molar-refractivity contribution in [1.29, 1.82) is 0 Å². The third-order valence-corrected chi connectivity index (χ3v) is 7.89. The molecule has 2 N–H and O–H groups in total. The van der Waals surface area contributed by atoms with Gasteiger partial charge in [0, 0.05) is 56.9 Å². The normalized spacial score (nSPS) is 15.5. The number of hydrogen-bond acceptors (Lipinski definition) is 8. The summed E-state index contributed by atoms with van der Waals surface area (Å²) in [6, 6.07) is -0.296. The van der Waals surface area contributed by atoms with E-state index in [4.69, 9.17) is 30.5 Å². The Hall–Kier alpha value is -3.83. The maximum atomic E-state index is 12.9. The molecule has 0 saturated carbocycles. The number of aromatic nitrogens is 2. The maximum Gasteiger partial charge on any atom is 0.318 e. The average Bonchev–Trinajstić information content (AvgIpc) is 3.30. The van der Waals surface area contributed by atoms with Crippen LogP contribution in [-0.4, -0.2) is 73.4 Å². The Balaban J connectivity index is 0.00000289. The number of hydrogen-bond donors (Lipinski definition) is 2. The van der Waals surface area contributed by atoms with Crippen LogP contribution < -0.4 is 25.9 Å². The molecule has 2 heterocycles. The van der Waals surface area contributed by atoms with Gasteiger partial charge in [0.15, 0.2) is 5.76 Å². The van der Waals surface area contributed by atoms with Gasteiger partial charge in [0.25, 0.3) is 0 Å². The maximum absolute atomic E-state index is 12.9. The smallest absolute Gasteiger partial charge is 0.318 e. The molecule has 0 unspecified atom stereocenters. The van der Waals surface area contributed by atoms with Crippen molar-refractivity contribution in [3.8, 4) is 5.88 Å². The Bertz CT molecular complexity index is 1400. The fraction of sp³-hybridized carbons (Fsp3) is 0.568. The number of methoxy groups -OCH3 is 2. The summed E-state index contributed by atoms with van der Waals surface area (Å²) in [5.41, 5.74) is 1.50. The Morgan fingerprint density at radius 2 is 1.84 bits per heavy atom. The molecule has 0 aromatic carbocycles. The summed E-state index contributed by atoms with van der Waals surface area (Å²) >= 11 is 5.84. The van der Waals surface area contributed by atoms with Crippen LogP contribution in [-0.2, 0) is 19.0 Å². The lowest BCUT2D eigenvalue weighted by molar-refractivity contribution is -0.134. The monoisotopic (exact) mass is 703 g/mol. The molecule has 1 aliphatic carbocycles. The van der Waals surface area contributed by atoms with Gasteiger partial charge in [0.05, 0.1) is 30.9 Å². The lowest BCUT2D eigenvalue weighted by atomic mass is 9.77. The van der Waals surface area contributed by atoms with Crippen LogP contribution in [0, 0.1) is 5.41 Å². The van der Waals surface area contributed by atoms with E-state index >= 15 is 0 Å². The number of rotatable bonds is 15. The number of urea groups is 1. The van der Waals surface area contributed by atoms with Gasteiger partial charge in [-0.15, -0.1) is 0 Å². The van der Waals surface area contributed by atoms with Crippen LogP contribution in [0.25, 0.3) is 12.2 Å². The first-order valence-electron chi connectivity index (χ1n) is 17.3. The van der Waals surface area contributed by atoms with Gasteiger partial charge in [-0.25, -0.2) is 14.8 Å². The third-order valence-electron chi connectivity index (χ3n) is 7.76. The predicted octanol–water partition coefficient (Wildman–Crippen LogP) is 6.05. The Morgan fingerprint density at radius 3 is 2.45 bits per heavy atom. The Kier molecular flexibility index (Phi) is 21.4. The summed E-state index contributed by atoms with van der Waals surface area (Å²) in [5.74, 6) is 2.02. The highest BCUT2D eigenvalue weighted by molar-refractivity contribution is 6.25. The third kappa shape index (κ3) is 14.7. The van der Waals surface area contributed by atoms with Gasteiger partial charge >= 0.3 is 6.03 Å². The van der Waals surface area contributed by atoms with E-state index in [1.807, 2.05) is 52.5 Å². The van der Waals surface area contributed by atoms with E-state index in [9.17, 15) is 9.59 Å². The van der Waals surface area contributed by atoms with Gasteiger partial charge < -0.3 is 34.5 Å². The number of carbonyl (C=O) groups excluding carboxylic acids is 2. The summed E-state index contributed by atoms with van der Waals surface area (Å²) in [6.45, 7) is 16.6. The zero-order valence-corrected chi connectivity index (χ0v) is 31.7. The van der Waals surface area contributed by atoms with Crippen molar-refractivity contribution in [3.63, 3.8) is 0 Å².